The zero-order chi connectivity index (χ0) is 19.9. The van der Waals surface area contributed by atoms with Crippen molar-refractivity contribution in [3.05, 3.63) is 71.8 Å². The maximum Gasteiger partial charge on any atom is 0.196 e. The molecular formula is C26H36O2. The predicted octanol–water partition coefficient (Wildman–Crippen LogP) is 7.55. The van der Waals surface area contributed by atoms with Crippen LogP contribution in [0.15, 0.2) is 60.7 Å². The van der Waals surface area contributed by atoms with Crippen LogP contribution in [0, 0.1) is 0 Å². The van der Waals surface area contributed by atoms with Crippen LogP contribution in [-0.2, 0) is 4.74 Å². The molecular weight excluding hydrogens is 344 g/mol. The smallest absolute Gasteiger partial charge is 0.196 e. The second-order valence-electron chi connectivity index (χ2n) is 7.57. The SMILES string of the molecule is CCCCCCCCCCCCO[C@H](C(=O)c1ccccc1)c1ccccc1. The molecule has 0 radical (unpaired) electrons. The molecule has 2 aromatic carbocycles. The summed E-state index contributed by atoms with van der Waals surface area (Å²) in [7, 11) is 0. The number of ketones is 1. The van der Waals surface area contributed by atoms with Crippen molar-refractivity contribution in [2.75, 3.05) is 6.61 Å². The highest BCUT2D eigenvalue weighted by molar-refractivity contribution is 6.00. The summed E-state index contributed by atoms with van der Waals surface area (Å²) in [6.45, 7) is 2.90. The fraction of sp³-hybridized carbons (Fsp3) is 0.500. The first-order chi connectivity index (χ1) is 13.8. The molecule has 1 atom stereocenters. The quantitative estimate of drug-likeness (QED) is 0.235. The Morgan fingerprint density at radius 1 is 0.714 bits per heavy atom. The monoisotopic (exact) mass is 380 g/mol. The summed E-state index contributed by atoms with van der Waals surface area (Å²) < 4.78 is 6.07. The number of rotatable bonds is 15. The van der Waals surface area contributed by atoms with Crippen molar-refractivity contribution >= 4 is 5.78 Å². The van der Waals surface area contributed by atoms with Crippen LogP contribution >= 0.6 is 0 Å². The number of hydrogen-bond acceptors (Lipinski definition) is 2. The van der Waals surface area contributed by atoms with Crippen LogP contribution in [0.4, 0.5) is 0 Å². The van der Waals surface area contributed by atoms with E-state index in [-0.39, 0.29) is 5.78 Å². The van der Waals surface area contributed by atoms with E-state index in [1.54, 1.807) is 0 Å². The second kappa shape index (κ2) is 14.1. The van der Waals surface area contributed by atoms with Crippen molar-refractivity contribution in [2.45, 2.75) is 77.2 Å². The zero-order valence-electron chi connectivity index (χ0n) is 17.4. The molecule has 0 aliphatic rings. The summed E-state index contributed by atoms with van der Waals surface area (Å²) in [5.74, 6) is 0.0406. The van der Waals surface area contributed by atoms with Crippen molar-refractivity contribution < 1.29 is 9.53 Å². The van der Waals surface area contributed by atoms with Gasteiger partial charge in [-0.2, -0.15) is 0 Å². The Kier molecular flexibility index (Phi) is 11.3. The van der Waals surface area contributed by atoms with E-state index in [9.17, 15) is 4.79 Å². The molecule has 0 aliphatic carbocycles. The molecule has 2 nitrogen and oxygen atoms in total. The van der Waals surface area contributed by atoms with E-state index in [0.717, 1.165) is 12.0 Å². The van der Waals surface area contributed by atoms with Crippen LogP contribution in [0.5, 0.6) is 0 Å². The Hall–Kier alpha value is -1.93. The number of ether oxygens (including phenoxy) is 1. The largest absolute Gasteiger partial charge is 0.365 e. The van der Waals surface area contributed by atoms with Gasteiger partial charge < -0.3 is 4.74 Å². The summed E-state index contributed by atoms with van der Waals surface area (Å²) in [4.78, 5) is 12.9. The lowest BCUT2D eigenvalue weighted by molar-refractivity contribution is 0.0391. The third-order valence-corrected chi connectivity index (χ3v) is 5.18. The molecule has 28 heavy (non-hydrogen) atoms. The van der Waals surface area contributed by atoms with E-state index < -0.39 is 6.10 Å². The first-order valence-corrected chi connectivity index (χ1v) is 11.1. The summed E-state index contributed by atoms with van der Waals surface area (Å²) in [5.41, 5.74) is 1.64. The van der Waals surface area contributed by atoms with Gasteiger partial charge in [0.15, 0.2) is 5.78 Å². The molecule has 0 aliphatic heterocycles. The lowest BCUT2D eigenvalue weighted by Gasteiger charge is -2.17. The molecule has 0 N–H and O–H groups in total. The number of Topliss-reactive ketones (excluding diaryl/α,β-unsaturated/α-hetero) is 1. The molecule has 0 saturated heterocycles. The van der Waals surface area contributed by atoms with Gasteiger partial charge >= 0.3 is 0 Å². The molecule has 0 heterocycles. The van der Waals surface area contributed by atoms with Crippen LogP contribution in [-0.4, -0.2) is 12.4 Å². The Labute approximate surface area is 171 Å². The van der Waals surface area contributed by atoms with E-state index in [2.05, 4.69) is 6.92 Å². The number of hydrogen-bond donors (Lipinski definition) is 0. The highest BCUT2D eigenvalue weighted by atomic mass is 16.5. The average molecular weight is 381 g/mol. The molecule has 0 spiro atoms. The maximum atomic E-state index is 12.9. The van der Waals surface area contributed by atoms with E-state index in [0.29, 0.717) is 12.2 Å². The first-order valence-electron chi connectivity index (χ1n) is 11.1. The van der Waals surface area contributed by atoms with Crippen molar-refractivity contribution in [1.82, 2.24) is 0 Å². The van der Waals surface area contributed by atoms with E-state index in [4.69, 9.17) is 4.74 Å². The molecule has 2 heteroatoms. The van der Waals surface area contributed by atoms with Crippen LogP contribution < -0.4 is 0 Å². The third kappa shape index (κ3) is 8.39. The lowest BCUT2D eigenvalue weighted by Crippen LogP contribution is -2.17. The Bertz CT molecular complexity index is 636. The van der Waals surface area contributed by atoms with Crippen molar-refractivity contribution in [2.24, 2.45) is 0 Å². The van der Waals surface area contributed by atoms with Crippen molar-refractivity contribution in [3.8, 4) is 0 Å². The number of unbranched alkanes of at least 4 members (excludes halogenated alkanes) is 9. The van der Waals surface area contributed by atoms with Gasteiger partial charge in [0.1, 0.15) is 6.10 Å². The van der Waals surface area contributed by atoms with Gasteiger partial charge in [-0.15, -0.1) is 0 Å². The van der Waals surface area contributed by atoms with E-state index >= 15 is 0 Å². The summed E-state index contributed by atoms with van der Waals surface area (Å²) in [5, 5.41) is 0. The van der Waals surface area contributed by atoms with Crippen LogP contribution in [0.1, 0.15) is 93.2 Å². The van der Waals surface area contributed by atoms with Crippen LogP contribution in [0.3, 0.4) is 0 Å². The Balaban J connectivity index is 1.71. The highest BCUT2D eigenvalue weighted by Gasteiger charge is 2.22. The Morgan fingerprint density at radius 3 is 1.79 bits per heavy atom. The summed E-state index contributed by atoms with van der Waals surface area (Å²) >= 11 is 0. The predicted molar refractivity (Wildman–Crippen MR) is 118 cm³/mol. The van der Waals surface area contributed by atoms with Crippen LogP contribution in [0.25, 0.3) is 0 Å². The van der Waals surface area contributed by atoms with E-state index in [1.165, 1.54) is 57.8 Å². The minimum atomic E-state index is -0.512. The normalized spacial score (nSPS) is 12.0. The van der Waals surface area contributed by atoms with Gasteiger partial charge in [-0.25, -0.2) is 0 Å². The molecule has 0 amide bonds. The van der Waals surface area contributed by atoms with Gasteiger partial charge in [0.2, 0.25) is 0 Å². The minimum absolute atomic E-state index is 0.0406. The molecule has 2 aromatic rings. The standard InChI is InChI=1S/C26H36O2/c1-2-3-4-5-6-7-8-9-10-17-22-28-26(24-20-15-12-16-21-24)25(27)23-18-13-11-14-19-23/h11-16,18-21,26H,2-10,17,22H2,1H3/t26-/m0/s1. The molecule has 0 bridgehead atoms. The highest BCUT2D eigenvalue weighted by Crippen LogP contribution is 2.23. The molecule has 0 aromatic heterocycles. The number of carbonyl (C=O) groups excluding carboxylic acids is 1. The lowest BCUT2D eigenvalue weighted by atomic mass is 10.00. The second-order valence-corrected chi connectivity index (χ2v) is 7.57. The van der Waals surface area contributed by atoms with Gasteiger partial charge in [0, 0.05) is 12.2 Å². The fourth-order valence-corrected chi connectivity index (χ4v) is 3.50. The minimum Gasteiger partial charge on any atom is -0.365 e. The molecule has 0 fully saturated rings. The van der Waals surface area contributed by atoms with Crippen molar-refractivity contribution in [3.63, 3.8) is 0 Å². The van der Waals surface area contributed by atoms with Gasteiger partial charge in [0.25, 0.3) is 0 Å². The zero-order valence-corrected chi connectivity index (χ0v) is 17.4. The summed E-state index contributed by atoms with van der Waals surface area (Å²) in [6, 6.07) is 19.3. The number of benzene rings is 2. The topological polar surface area (TPSA) is 26.3 Å². The molecule has 0 unspecified atom stereocenters. The van der Waals surface area contributed by atoms with Gasteiger partial charge in [-0.05, 0) is 12.0 Å². The molecule has 152 valence electrons. The first kappa shape index (κ1) is 22.4. The Morgan fingerprint density at radius 2 is 1.21 bits per heavy atom. The molecule has 2 rings (SSSR count). The number of carbonyl (C=O) groups is 1. The van der Waals surface area contributed by atoms with Gasteiger partial charge in [0.05, 0.1) is 0 Å². The van der Waals surface area contributed by atoms with Gasteiger partial charge in [-0.3, -0.25) is 4.79 Å². The van der Waals surface area contributed by atoms with E-state index in [1.807, 2.05) is 60.7 Å². The molecule has 0 saturated carbocycles. The van der Waals surface area contributed by atoms with Crippen molar-refractivity contribution in [1.29, 1.82) is 0 Å². The third-order valence-electron chi connectivity index (χ3n) is 5.18. The van der Waals surface area contributed by atoms with Crippen LogP contribution in [0.2, 0.25) is 0 Å². The van der Waals surface area contributed by atoms with Gasteiger partial charge in [-0.1, -0.05) is 125 Å². The average Bonchev–Trinajstić information content (AvgIpc) is 2.75. The maximum absolute atomic E-state index is 12.9. The fourth-order valence-electron chi connectivity index (χ4n) is 3.50. The summed E-state index contributed by atoms with van der Waals surface area (Å²) in [6.07, 6.45) is 12.5.